The van der Waals surface area contributed by atoms with Crippen molar-refractivity contribution in [1.29, 1.82) is 0 Å². The van der Waals surface area contributed by atoms with Crippen LogP contribution in [0.1, 0.15) is 35.5 Å². The number of carbonyl (C=O) groups excluding carboxylic acids is 3. The maximum atomic E-state index is 12.8. The summed E-state index contributed by atoms with van der Waals surface area (Å²) in [4.78, 5) is 36.4. The Kier molecular flexibility index (Phi) is 6.57. The first kappa shape index (κ1) is 21.6. The molecular weight excluding hydrogens is 406 g/mol. The zero-order chi connectivity index (χ0) is 21.8. The molecule has 0 saturated heterocycles. The lowest BCUT2D eigenvalue weighted by Gasteiger charge is -2.14. The molecule has 2 aromatic carbocycles. The molecule has 156 valence electrons. The Morgan fingerprint density at radius 2 is 1.77 bits per heavy atom. The number of rotatable bonds is 8. The van der Waals surface area contributed by atoms with Crippen LogP contribution in [0.25, 0.3) is 10.9 Å². The number of fused-ring (bicyclic) bond motifs is 1. The summed E-state index contributed by atoms with van der Waals surface area (Å²) < 4.78 is 12.5. The first-order valence-corrected chi connectivity index (χ1v) is 9.93. The van der Waals surface area contributed by atoms with Gasteiger partial charge in [-0.25, -0.2) is 4.79 Å². The van der Waals surface area contributed by atoms with Gasteiger partial charge in [0.25, 0.3) is 5.24 Å². The second-order valence-electron chi connectivity index (χ2n) is 6.78. The van der Waals surface area contributed by atoms with Crippen molar-refractivity contribution in [2.75, 3.05) is 7.11 Å². The van der Waals surface area contributed by atoms with Crippen LogP contribution in [0.2, 0.25) is 0 Å². The van der Waals surface area contributed by atoms with Gasteiger partial charge in [-0.2, -0.15) is 0 Å². The Labute approximate surface area is 179 Å². The number of esters is 1. The number of aromatic nitrogens is 1. The molecule has 6 nitrogen and oxygen atoms in total. The predicted molar refractivity (Wildman–Crippen MR) is 114 cm³/mol. The molecule has 0 spiro atoms. The third-order valence-corrected chi connectivity index (χ3v) is 5.09. The van der Waals surface area contributed by atoms with Crippen LogP contribution < -0.4 is 4.74 Å². The summed E-state index contributed by atoms with van der Waals surface area (Å²) >= 11 is 5.58. The smallest absolute Gasteiger partial charge is 0.346 e. The van der Waals surface area contributed by atoms with Gasteiger partial charge in [-0.1, -0.05) is 43.3 Å². The Morgan fingerprint density at radius 3 is 2.37 bits per heavy atom. The highest BCUT2D eigenvalue weighted by Crippen LogP contribution is 2.36. The average molecular weight is 428 g/mol. The van der Waals surface area contributed by atoms with Gasteiger partial charge in [0.15, 0.2) is 6.10 Å². The molecule has 0 saturated carbocycles. The van der Waals surface area contributed by atoms with E-state index < -0.39 is 23.1 Å². The summed E-state index contributed by atoms with van der Waals surface area (Å²) in [6.07, 6.45) is -0.392. The molecule has 0 radical (unpaired) electrons. The zero-order valence-corrected chi connectivity index (χ0v) is 17.7. The third kappa shape index (κ3) is 4.09. The molecule has 0 aliphatic heterocycles. The summed E-state index contributed by atoms with van der Waals surface area (Å²) in [5.74, 6) is -1.03. The number of halogens is 1. The van der Waals surface area contributed by atoms with E-state index in [1.165, 1.54) is 7.11 Å². The Balaban J connectivity index is 2.26. The fourth-order valence-corrected chi connectivity index (χ4v) is 3.67. The number of methoxy groups -OCH3 is 1. The van der Waals surface area contributed by atoms with Crippen LogP contribution in [0.3, 0.4) is 0 Å². The van der Waals surface area contributed by atoms with Gasteiger partial charge in [-0.15, -0.1) is 0 Å². The van der Waals surface area contributed by atoms with Crippen molar-refractivity contribution in [3.63, 3.8) is 0 Å². The highest BCUT2D eigenvalue weighted by molar-refractivity contribution is 6.83. The highest BCUT2D eigenvalue weighted by atomic mass is 35.5. The largest absolute Gasteiger partial charge is 0.478 e. The SMILES string of the molecule is CCc1c(C(=O)C(=O)Cl)c2c(O[C@@H](C)C(=O)OC)cccc2n1Cc1ccccc1. The van der Waals surface area contributed by atoms with Gasteiger partial charge in [0.2, 0.25) is 5.78 Å². The quantitative estimate of drug-likeness (QED) is 0.234. The lowest BCUT2D eigenvalue weighted by Crippen LogP contribution is -2.25. The number of carbonyl (C=O) groups is 3. The molecular formula is C23H22ClNO5. The van der Waals surface area contributed by atoms with E-state index in [1.807, 2.05) is 47.9 Å². The predicted octanol–water partition coefficient (Wildman–Crippen LogP) is 4.14. The summed E-state index contributed by atoms with van der Waals surface area (Å²) in [7, 11) is 1.27. The van der Waals surface area contributed by atoms with Gasteiger partial charge in [-0.05, 0) is 42.6 Å². The highest BCUT2D eigenvalue weighted by Gasteiger charge is 2.28. The number of benzene rings is 2. The Hall–Kier alpha value is -3.12. The lowest BCUT2D eigenvalue weighted by molar-refractivity contribution is -0.147. The minimum absolute atomic E-state index is 0.205. The second-order valence-corrected chi connectivity index (χ2v) is 7.13. The maximum Gasteiger partial charge on any atom is 0.346 e. The zero-order valence-electron chi connectivity index (χ0n) is 17.0. The third-order valence-electron chi connectivity index (χ3n) is 4.92. The standard InChI is InChI=1S/C23H22ClNO5/c1-4-16-20(21(26)22(24)27)19-17(25(16)13-15-9-6-5-7-10-15)11-8-12-18(19)30-14(2)23(28)29-3/h5-12,14H,4,13H2,1-3H3/t14-/m0/s1. The van der Waals surface area contributed by atoms with Gasteiger partial charge in [0, 0.05) is 12.2 Å². The van der Waals surface area contributed by atoms with Crippen molar-refractivity contribution >= 4 is 39.5 Å². The Bertz CT molecular complexity index is 1100. The molecule has 0 amide bonds. The second kappa shape index (κ2) is 9.13. The molecule has 1 heterocycles. The number of Topliss-reactive ketones (excluding diaryl/α,β-unsaturated/α-hetero) is 1. The van der Waals surface area contributed by atoms with Gasteiger partial charge in [-0.3, -0.25) is 9.59 Å². The molecule has 0 fully saturated rings. The van der Waals surface area contributed by atoms with Gasteiger partial charge < -0.3 is 14.0 Å². The van der Waals surface area contributed by atoms with E-state index in [9.17, 15) is 14.4 Å². The molecule has 0 bridgehead atoms. The molecule has 0 aliphatic rings. The topological polar surface area (TPSA) is 74.6 Å². The normalized spacial score (nSPS) is 11.9. The number of hydrogen-bond acceptors (Lipinski definition) is 5. The molecule has 3 rings (SSSR count). The van der Waals surface area contributed by atoms with Crippen molar-refractivity contribution in [2.45, 2.75) is 32.9 Å². The van der Waals surface area contributed by atoms with E-state index in [0.29, 0.717) is 35.3 Å². The minimum Gasteiger partial charge on any atom is -0.478 e. The molecule has 1 atom stereocenters. The van der Waals surface area contributed by atoms with E-state index in [1.54, 1.807) is 19.1 Å². The first-order valence-electron chi connectivity index (χ1n) is 9.55. The van der Waals surface area contributed by atoms with Gasteiger partial charge >= 0.3 is 5.97 Å². The van der Waals surface area contributed by atoms with E-state index in [0.717, 1.165) is 5.56 Å². The van der Waals surface area contributed by atoms with Crippen molar-refractivity contribution in [2.24, 2.45) is 0 Å². The molecule has 0 aliphatic carbocycles. The molecule has 0 unspecified atom stereocenters. The molecule has 30 heavy (non-hydrogen) atoms. The van der Waals surface area contributed by atoms with Crippen molar-refractivity contribution < 1.29 is 23.9 Å². The fraction of sp³-hybridized carbons (Fsp3) is 0.261. The van der Waals surface area contributed by atoms with Gasteiger partial charge in [0.05, 0.1) is 23.6 Å². The summed E-state index contributed by atoms with van der Waals surface area (Å²) in [6, 6.07) is 15.1. The summed E-state index contributed by atoms with van der Waals surface area (Å²) in [5, 5.41) is -0.612. The number of ether oxygens (including phenoxy) is 2. The van der Waals surface area contributed by atoms with Crippen LogP contribution in [0.15, 0.2) is 48.5 Å². The lowest BCUT2D eigenvalue weighted by atomic mass is 10.0. The van der Waals surface area contributed by atoms with E-state index >= 15 is 0 Å². The molecule has 0 N–H and O–H groups in total. The first-order chi connectivity index (χ1) is 14.4. The van der Waals surface area contributed by atoms with E-state index in [4.69, 9.17) is 21.1 Å². The van der Waals surface area contributed by atoms with Crippen LogP contribution in [0, 0.1) is 0 Å². The minimum atomic E-state index is -1.07. The van der Waals surface area contributed by atoms with Crippen LogP contribution in [0.5, 0.6) is 5.75 Å². The monoisotopic (exact) mass is 427 g/mol. The molecule has 7 heteroatoms. The molecule has 1 aromatic heterocycles. The summed E-state index contributed by atoms with van der Waals surface area (Å²) in [6.45, 7) is 3.96. The van der Waals surface area contributed by atoms with Crippen LogP contribution in [0.4, 0.5) is 0 Å². The number of ketones is 1. The molecule has 3 aromatic rings. The van der Waals surface area contributed by atoms with Crippen molar-refractivity contribution in [3.05, 3.63) is 65.4 Å². The maximum absolute atomic E-state index is 12.8. The van der Waals surface area contributed by atoms with Crippen molar-refractivity contribution in [1.82, 2.24) is 4.57 Å². The van der Waals surface area contributed by atoms with E-state index in [2.05, 4.69) is 0 Å². The summed E-state index contributed by atoms with van der Waals surface area (Å²) in [5.41, 5.74) is 2.63. The Morgan fingerprint density at radius 1 is 1.07 bits per heavy atom. The average Bonchev–Trinajstić information content (AvgIpc) is 3.07. The van der Waals surface area contributed by atoms with E-state index in [-0.39, 0.29) is 5.56 Å². The number of nitrogens with zero attached hydrogens (tertiary/aromatic N) is 1. The van der Waals surface area contributed by atoms with Crippen LogP contribution in [-0.2, 0) is 27.3 Å². The fourth-order valence-electron chi connectivity index (χ4n) is 3.58. The van der Waals surface area contributed by atoms with Crippen LogP contribution in [-0.4, -0.2) is 34.8 Å². The van der Waals surface area contributed by atoms with Gasteiger partial charge in [0.1, 0.15) is 5.75 Å². The van der Waals surface area contributed by atoms with Crippen LogP contribution >= 0.6 is 11.6 Å². The van der Waals surface area contributed by atoms with Crippen molar-refractivity contribution in [3.8, 4) is 5.75 Å². The number of hydrogen-bond donors (Lipinski definition) is 0.